The van der Waals surface area contributed by atoms with Crippen LogP contribution in [0, 0.1) is 12.7 Å². The number of ether oxygens (including phenoxy) is 1. The summed E-state index contributed by atoms with van der Waals surface area (Å²) in [6.45, 7) is 6.07. The molecule has 78 valence electrons. The number of hydrogen-bond acceptors (Lipinski definition) is 2. The fourth-order valence-corrected chi connectivity index (χ4v) is 1.13. The van der Waals surface area contributed by atoms with Crippen molar-refractivity contribution in [3.05, 3.63) is 29.6 Å². The first-order valence-corrected chi connectivity index (χ1v) is 4.83. The fraction of sp³-hybridized carbons (Fsp3) is 0.455. The maximum Gasteiger partial charge on any atom is 0.165 e. The SMILES string of the molecule is CCNCCOc1cc(C)ccc1F. The molecule has 0 saturated carbocycles. The lowest BCUT2D eigenvalue weighted by atomic mass is 10.2. The highest BCUT2D eigenvalue weighted by molar-refractivity contribution is 5.29. The van der Waals surface area contributed by atoms with Gasteiger partial charge in [0.1, 0.15) is 6.61 Å². The minimum atomic E-state index is -0.299. The van der Waals surface area contributed by atoms with Crippen LogP contribution >= 0.6 is 0 Å². The highest BCUT2D eigenvalue weighted by atomic mass is 19.1. The van der Waals surface area contributed by atoms with E-state index in [0.29, 0.717) is 12.4 Å². The summed E-state index contributed by atoms with van der Waals surface area (Å²) < 4.78 is 18.4. The van der Waals surface area contributed by atoms with Crippen LogP contribution in [0.2, 0.25) is 0 Å². The summed E-state index contributed by atoms with van der Waals surface area (Å²) in [6, 6.07) is 4.87. The number of likely N-dealkylation sites (N-methyl/N-ethyl adjacent to an activating group) is 1. The topological polar surface area (TPSA) is 21.3 Å². The van der Waals surface area contributed by atoms with Gasteiger partial charge in [0.25, 0.3) is 0 Å². The number of nitrogens with one attached hydrogen (secondary N) is 1. The number of hydrogen-bond donors (Lipinski definition) is 1. The molecule has 0 aromatic heterocycles. The standard InChI is InChI=1S/C11H16FNO/c1-3-13-6-7-14-11-8-9(2)4-5-10(11)12/h4-5,8,13H,3,6-7H2,1-2H3. The second kappa shape index (κ2) is 5.60. The summed E-state index contributed by atoms with van der Waals surface area (Å²) in [5.74, 6) is 0.0370. The molecule has 1 aromatic rings. The number of halogens is 1. The minimum Gasteiger partial charge on any atom is -0.489 e. The van der Waals surface area contributed by atoms with Crippen molar-refractivity contribution in [1.29, 1.82) is 0 Å². The molecule has 2 nitrogen and oxygen atoms in total. The predicted octanol–water partition coefficient (Wildman–Crippen LogP) is 2.12. The zero-order chi connectivity index (χ0) is 10.4. The summed E-state index contributed by atoms with van der Waals surface area (Å²) in [5, 5.41) is 3.11. The van der Waals surface area contributed by atoms with Gasteiger partial charge in [0.15, 0.2) is 11.6 Å². The Kier molecular flexibility index (Phi) is 4.40. The summed E-state index contributed by atoms with van der Waals surface area (Å²) >= 11 is 0. The van der Waals surface area contributed by atoms with E-state index in [4.69, 9.17) is 4.74 Å². The second-order valence-corrected chi connectivity index (χ2v) is 3.14. The maximum absolute atomic E-state index is 13.1. The van der Waals surface area contributed by atoms with Crippen molar-refractivity contribution >= 4 is 0 Å². The Morgan fingerprint density at radius 1 is 1.43 bits per heavy atom. The lowest BCUT2D eigenvalue weighted by Crippen LogP contribution is -2.20. The molecule has 3 heteroatoms. The normalized spacial score (nSPS) is 10.2. The third-order valence-corrected chi connectivity index (χ3v) is 1.87. The molecular formula is C11H16FNO. The summed E-state index contributed by atoms with van der Waals surface area (Å²) in [4.78, 5) is 0. The third kappa shape index (κ3) is 3.34. The van der Waals surface area contributed by atoms with E-state index in [9.17, 15) is 4.39 Å². The van der Waals surface area contributed by atoms with Gasteiger partial charge < -0.3 is 10.1 Å². The van der Waals surface area contributed by atoms with Gasteiger partial charge in [-0.2, -0.15) is 0 Å². The molecule has 0 spiro atoms. The minimum absolute atomic E-state index is 0.299. The molecule has 0 radical (unpaired) electrons. The molecule has 0 saturated heterocycles. The van der Waals surface area contributed by atoms with Crippen LogP contribution in [-0.4, -0.2) is 19.7 Å². The molecule has 0 atom stereocenters. The molecule has 1 aromatic carbocycles. The average molecular weight is 197 g/mol. The molecule has 0 amide bonds. The first-order valence-electron chi connectivity index (χ1n) is 4.83. The predicted molar refractivity (Wildman–Crippen MR) is 55.2 cm³/mol. The van der Waals surface area contributed by atoms with E-state index in [-0.39, 0.29) is 5.82 Å². The van der Waals surface area contributed by atoms with Gasteiger partial charge in [-0.15, -0.1) is 0 Å². The zero-order valence-electron chi connectivity index (χ0n) is 8.64. The highest BCUT2D eigenvalue weighted by Crippen LogP contribution is 2.17. The van der Waals surface area contributed by atoms with Crippen LogP contribution in [0.15, 0.2) is 18.2 Å². The molecule has 1 rings (SSSR count). The van der Waals surface area contributed by atoms with Crippen molar-refractivity contribution in [1.82, 2.24) is 5.32 Å². The molecule has 0 bridgehead atoms. The van der Waals surface area contributed by atoms with Crippen LogP contribution in [0.5, 0.6) is 5.75 Å². The summed E-state index contributed by atoms with van der Waals surface area (Å²) in [7, 11) is 0. The molecule has 0 unspecified atom stereocenters. The van der Waals surface area contributed by atoms with Crippen molar-refractivity contribution in [2.24, 2.45) is 0 Å². The molecule has 0 aliphatic heterocycles. The molecule has 1 N–H and O–H groups in total. The van der Waals surface area contributed by atoms with Gasteiger partial charge in [0.05, 0.1) is 0 Å². The number of benzene rings is 1. The van der Waals surface area contributed by atoms with Crippen molar-refractivity contribution in [3.63, 3.8) is 0 Å². The van der Waals surface area contributed by atoms with Crippen LogP contribution in [0.1, 0.15) is 12.5 Å². The maximum atomic E-state index is 13.1. The molecule has 0 heterocycles. The van der Waals surface area contributed by atoms with Gasteiger partial charge in [-0.05, 0) is 31.2 Å². The van der Waals surface area contributed by atoms with E-state index in [1.807, 2.05) is 13.8 Å². The quantitative estimate of drug-likeness (QED) is 0.730. The third-order valence-electron chi connectivity index (χ3n) is 1.87. The van der Waals surface area contributed by atoms with Gasteiger partial charge in [-0.3, -0.25) is 0 Å². The van der Waals surface area contributed by atoms with Crippen molar-refractivity contribution in [3.8, 4) is 5.75 Å². The Bertz CT molecular complexity index is 289. The molecular weight excluding hydrogens is 181 g/mol. The van der Waals surface area contributed by atoms with E-state index in [1.165, 1.54) is 6.07 Å². The Balaban J connectivity index is 2.45. The summed E-state index contributed by atoms with van der Waals surface area (Å²) in [5.41, 5.74) is 1.00. The highest BCUT2D eigenvalue weighted by Gasteiger charge is 2.02. The average Bonchev–Trinajstić information content (AvgIpc) is 2.18. The van der Waals surface area contributed by atoms with Gasteiger partial charge in [-0.1, -0.05) is 13.0 Å². The van der Waals surface area contributed by atoms with E-state index < -0.39 is 0 Å². The monoisotopic (exact) mass is 197 g/mol. The first kappa shape index (κ1) is 11.0. The Hall–Kier alpha value is -1.09. The molecule has 0 fully saturated rings. The van der Waals surface area contributed by atoms with Gasteiger partial charge in [0.2, 0.25) is 0 Å². The Labute approximate surface area is 84.1 Å². The Morgan fingerprint density at radius 3 is 2.93 bits per heavy atom. The van der Waals surface area contributed by atoms with Gasteiger partial charge >= 0.3 is 0 Å². The van der Waals surface area contributed by atoms with E-state index in [0.717, 1.165) is 18.7 Å². The van der Waals surface area contributed by atoms with Crippen LogP contribution in [0.4, 0.5) is 4.39 Å². The fourth-order valence-electron chi connectivity index (χ4n) is 1.13. The lowest BCUT2D eigenvalue weighted by Gasteiger charge is -2.07. The second-order valence-electron chi connectivity index (χ2n) is 3.14. The first-order chi connectivity index (χ1) is 6.74. The van der Waals surface area contributed by atoms with Crippen molar-refractivity contribution in [2.45, 2.75) is 13.8 Å². The molecule has 0 aliphatic rings. The number of rotatable bonds is 5. The van der Waals surface area contributed by atoms with E-state index in [2.05, 4.69) is 5.32 Å². The van der Waals surface area contributed by atoms with Gasteiger partial charge in [0, 0.05) is 6.54 Å². The van der Waals surface area contributed by atoms with Crippen LogP contribution in [0.25, 0.3) is 0 Å². The van der Waals surface area contributed by atoms with E-state index >= 15 is 0 Å². The summed E-state index contributed by atoms with van der Waals surface area (Å²) in [6.07, 6.45) is 0. The van der Waals surface area contributed by atoms with Crippen molar-refractivity contribution < 1.29 is 9.13 Å². The van der Waals surface area contributed by atoms with Gasteiger partial charge in [-0.25, -0.2) is 4.39 Å². The van der Waals surface area contributed by atoms with Crippen LogP contribution < -0.4 is 10.1 Å². The van der Waals surface area contributed by atoms with E-state index in [1.54, 1.807) is 12.1 Å². The molecule has 0 aliphatic carbocycles. The zero-order valence-corrected chi connectivity index (χ0v) is 8.64. The lowest BCUT2D eigenvalue weighted by molar-refractivity contribution is 0.300. The van der Waals surface area contributed by atoms with Crippen LogP contribution in [0.3, 0.4) is 0 Å². The number of aryl methyl sites for hydroxylation is 1. The van der Waals surface area contributed by atoms with Crippen molar-refractivity contribution in [2.75, 3.05) is 19.7 Å². The Morgan fingerprint density at radius 2 is 2.21 bits per heavy atom. The molecule has 14 heavy (non-hydrogen) atoms. The largest absolute Gasteiger partial charge is 0.489 e. The van der Waals surface area contributed by atoms with Crippen LogP contribution in [-0.2, 0) is 0 Å². The smallest absolute Gasteiger partial charge is 0.165 e.